The number of carbonyl (C=O) groups is 1. The molecule has 11 nitrogen and oxygen atoms in total. The molecule has 116 valence electrons. The number of nitro groups is 3. The highest BCUT2D eigenvalue weighted by molar-refractivity contribution is 5.81. The Hall–Kier alpha value is -3.37. The van der Waals surface area contributed by atoms with E-state index in [1.165, 1.54) is 0 Å². The third-order valence-electron chi connectivity index (χ3n) is 2.61. The van der Waals surface area contributed by atoms with Crippen LogP contribution in [0, 0.1) is 30.3 Å². The molecular formula is C11H9N3O8. The van der Waals surface area contributed by atoms with Crippen LogP contribution in [0.3, 0.4) is 0 Å². The molecule has 22 heavy (non-hydrogen) atoms. The third-order valence-corrected chi connectivity index (χ3v) is 2.61. The molecule has 0 aromatic heterocycles. The van der Waals surface area contributed by atoms with Crippen LogP contribution in [-0.4, -0.2) is 20.7 Å². The summed E-state index contributed by atoms with van der Waals surface area (Å²) in [6.07, 6.45) is -0.697. The van der Waals surface area contributed by atoms with E-state index in [9.17, 15) is 35.1 Å². The molecule has 0 aliphatic heterocycles. The van der Waals surface area contributed by atoms with E-state index < -0.39 is 49.5 Å². The fourth-order valence-corrected chi connectivity index (χ4v) is 1.77. The van der Waals surface area contributed by atoms with Gasteiger partial charge in [-0.05, 0) is 6.92 Å². The van der Waals surface area contributed by atoms with Crippen LogP contribution in [0.2, 0.25) is 0 Å². The standard InChI is InChI=1S/C11H9N3O8/c1-3-9(15)22-6(2)10-7(12(16)17)4-5-8(13(18)19)11(10)14(20)21/h3-6H,1H2,2H3. The number of ether oxygens (including phenoxy) is 1. The van der Waals surface area contributed by atoms with Crippen molar-refractivity contribution in [2.45, 2.75) is 13.0 Å². The van der Waals surface area contributed by atoms with E-state index in [0.717, 1.165) is 19.1 Å². The zero-order valence-corrected chi connectivity index (χ0v) is 11.1. The lowest BCUT2D eigenvalue weighted by Crippen LogP contribution is -2.12. The van der Waals surface area contributed by atoms with Crippen LogP contribution >= 0.6 is 0 Å². The van der Waals surface area contributed by atoms with Crippen LogP contribution in [0.15, 0.2) is 24.8 Å². The molecule has 1 rings (SSSR count). The average molecular weight is 311 g/mol. The summed E-state index contributed by atoms with van der Waals surface area (Å²) in [5, 5.41) is 33.0. The maximum atomic E-state index is 11.2. The van der Waals surface area contributed by atoms with Crippen molar-refractivity contribution in [1.82, 2.24) is 0 Å². The molecule has 0 N–H and O–H groups in total. The second kappa shape index (κ2) is 6.39. The molecule has 0 aliphatic carbocycles. The SMILES string of the molecule is C=CC(=O)OC(C)c1c([N+](=O)[O-])ccc([N+](=O)[O-])c1[N+](=O)[O-]. The highest BCUT2D eigenvalue weighted by Crippen LogP contribution is 2.41. The Labute approximate surface area is 122 Å². The van der Waals surface area contributed by atoms with Crippen molar-refractivity contribution in [2.75, 3.05) is 0 Å². The van der Waals surface area contributed by atoms with E-state index in [1.54, 1.807) is 0 Å². The Bertz CT molecular complexity index is 684. The quantitative estimate of drug-likeness (QED) is 0.335. The Balaban J connectivity index is 3.67. The van der Waals surface area contributed by atoms with Crippen molar-refractivity contribution in [1.29, 1.82) is 0 Å². The lowest BCUT2D eigenvalue weighted by molar-refractivity contribution is -0.425. The van der Waals surface area contributed by atoms with E-state index in [-0.39, 0.29) is 0 Å². The monoisotopic (exact) mass is 311 g/mol. The molecule has 0 radical (unpaired) electrons. The number of benzene rings is 1. The summed E-state index contributed by atoms with van der Waals surface area (Å²) in [4.78, 5) is 41.0. The summed E-state index contributed by atoms with van der Waals surface area (Å²) >= 11 is 0. The van der Waals surface area contributed by atoms with Crippen LogP contribution in [0.25, 0.3) is 0 Å². The molecule has 1 aromatic carbocycles. The van der Waals surface area contributed by atoms with Gasteiger partial charge in [0.15, 0.2) is 5.56 Å². The van der Waals surface area contributed by atoms with Gasteiger partial charge in [0.05, 0.1) is 14.8 Å². The molecule has 0 saturated heterocycles. The number of hydrogen-bond acceptors (Lipinski definition) is 8. The van der Waals surface area contributed by atoms with Gasteiger partial charge in [0.2, 0.25) is 0 Å². The van der Waals surface area contributed by atoms with Gasteiger partial charge < -0.3 is 4.74 Å². The van der Waals surface area contributed by atoms with Gasteiger partial charge in [-0.2, -0.15) is 0 Å². The van der Waals surface area contributed by atoms with Gasteiger partial charge in [-0.25, -0.2) is 4.79 Å². The molecule has 0 aliphatic rings. The molecule has 0 saturated carbocycles. The number of esters is 1. The van der Waals surface area contributed by atoms with Crippen molar-refractivity contribution >= 4 is 23.0 Å². The average Bonchev–Trinajstić information content (AvgIpc) is 2.44. The first-order valence-corrected chi connectivity index (χ1v) is 5.63. The second-order valence-electron chi connectivity index (χ2n) is 3.92. The van der Waals surface area contributed by atoms with Gasteiger partial charge in [-0.1, -0.05) is 6.58 Å². The van der Waals surface area contributed by atoms with E-state index in [2.05, 4.69) is 6.58 Å². The summed E-state index contributed by atoms with van der Waals surface area (Å²) < 4.78 is 4.71. The van der Waals surface area contributed by atoms with E-state index in [4.69, 9.17) is 4.74 Å². The van der Waals surface area contributed by atoms with Crippen molar-refractivity contribution < 1.29 is 24.3 Å². The van der Waals surface area contributed by atoms with Gasteiger partial charge in [-0.3, -0.25) is 30.3 Å². The number of hydrogen-bond donors (Lipinski definition) is 0. The highest BCUT2D eigenvalue weighted by atomic mass is 16.6. The number of rotatable bonds is 6. The van der Waals surface area contributed by atoms with Gasteiger partial charge in [-0.15, -0.1) is 0 Å². The summed E-state index contributed by atoms with van der Waals surface area (Å²) in [6.45, 7) is 4.24. The molecule has 1 aromatic rings. The first-order chi connectivity index (χ1) is 10.2. The number of nitro benzene ring substituents is 3. The van der Waals surface area contributed by atoms with Crippen LogP contribution in [0.4, 0.5) is 17.1 Å². The molecule has 0 amide bonds. The minimum atomic E-state index is -1.45. The van der Waals surface area contributed by atoms with E-state index in [1.807, 2.05) is 0 Å². The predicted molar refractivity (Wildman–Crippen MR) is 71.1 cm³/mol. The summed E-state index contributed by atoms with van der Waals surface area (Å²) in [5.41, 5.74) is -3.46. The Morgan fingerprint density at radius 2 is 1.64 bits per heavy atom. The second-order valence-corrected chi connectivity index (χ2v) is 3.92. The van der Waals surface area contributed by atoms with Crippen molar-refractivity contribution in [3.8, 4) is 0 Å². The van der Waals surface area contributed by atoms with Crippen molar-refractivity contribution in [2.24, 2.45) is 0 Å². The van der Waals surface area contributed by atoms with Crippen molar-refractivity contribution in [3.05, 3.63) is 60.7 Å². The van der Waals surface area contributed by atoms with E-state index in [0.29, 0.717) is 6.07 Å². The number of nitrogens with zero attached hydrogens (tertiary/aromatic N) is 3. The topological polar surface area (TPSA) is 156 Å². The summed E-state index contributed by atoms with van der Waals surface area (Å²) in [7, 11) is 0. The lowest BCUT2D eigenvalue weighted by atomic mass is 10.0. The molecule has 11 heteroatoms. The van der Waals surface area contributed by atoms with Crippen LogP contribution < -0.4 is 0 Å². The molecular weight excluding hydrogens is 302 g/mol. The lowest BCUT2D eigenvalue weighted by Gasteiger charge is -2.12. The smallest absolute Gasteiger partial charge is 0.359 e. The molecule has 0 fully saturated rings. The van der Waals surface area contributed by atoms with E-state index >= 15 is 0 Å². The van der Waals surface area contributed by atoms with Gasteiger partial charge >= 0.3 is 17.3 Å². The third kappa shape index (κ3) is 3.20. The number of carbonyl (C=O) groups excluding carboxylic acids is 1. The Morgan fingerprint density at radius 3 is 2.05 bits per heavy atom. The largest absolute Gasteiger partial charge is 0.454 e. The maximum absolute atomic E-state index is 11.2. The fraction of sp³-hybridized carbons (Fsp3) is 0.182. The molecule has 0 heterocycles. The van der Waals surface area contributed by atoms with Gasteiger partial charge in [0.1, 0.15) is 6.10 Å². The zero-order valence-electron chi connectivity index (χ0n) is 11.1. The molecule has 1 atom stereocenters. The van der Waals surface area contributed by atoms with Crippen LogP contribution in [0.5, 0.6) is 0 Å². The van der Waals surface area contributed by atoms with Gasteiger partial charge in [0, 0.05) is 18.2 Å². The summed E-state index contributed by atoms with van der Waals surface area (Å²) in [6, 6.07) is 1.40. The first kappa shape index (κ1) is 16.7. The Kier molecular flexibility index (Phi) is 4.84. The fourth-order valence-electron chi connectivity index (χ4n) is 1.77. The molecule has 1 unspecified atom stereocenters. The maximum Gasteiger partial charge on any atom is 0.359 e. The molecule has 0 spiro atoms. The first-order valence-electron chi connectivity index (χ1n) is 5.63. The van der Waals surface area contributed by atoms with Crippen molar-refractivity contribution in [3.63, 3.8) is 0 Å². The zero-order chi connectivity index (χ0) is 17.0. The summed E-state index contributed by atoms with van der Waals surface area (Å²) in [5.74, 6) is -0.984. The predicted octanol–water partition coefficient (Wildman–Crippen LogP) is 2.20. The molecule has 0 bridgehead atoms. The minimum absolute atomic E-state index is 0.655. The minimum Gasteiger partial charge on any atom is -0.454 e. The van der Waals surface area contributed by atoms with Crippen LogP contribution in [0.1, 0.15) is 18.6 Å². The highest BCUT2D eigenvalue weighted by Gasteiger charge is 2.38. The normalized spacial score (nSPS) is 11.3. The Morgan fingerprint density at radius 1 is 1.14 bits per heavy atom. The van der Waals surface area contributed by atoms with Crippen LogP contribution in [-0.2, 0) is 9.53 Å². The van der Waals surface area contributed by atoms with Gasteiger partial charge in [0.25, 0.3) is 5.69 Å².